The van der Waals surface area contributed by atoms with Crippen LogP contribution in [0, 0.1) is 0 Å². The molecular weight excluding hydrogens is 232 g/mol. The van der Waals surface area contributed by atoms with E-state index in [4.69, 9.17) is 5.73 Å². The molecule has 0 unspecified atom stereocenters. The van der Waals surface area contributed by atoms with Gasteiger partial charge in [-0.1, -0.05) is 42.5 Å². The van der Waals surface area contributed by atoms with Crippen molar-refractivity contribution >= 4 is 5.69 Å². The van der Waals surface area contributed by atoms with E-state index in [-0.39, 0.29) is 0 Å². The molecule has 0 aromatic heterocycles. The van der Waals surface area contributed by atoms with Crippen LogP contribution in [-0.4, -0.2) is 10.9 Å². The highest BCUT2D eigenvalue weighted by Gasteiger charge is 2.10. The van der Waals surface area contributed by atoms with Crippen LogP contribution in [0.15, 0.2) is 54.6 Å². The van der Waals surface area contributed by atoms with Crippen molar-refractivity contribution in [1.29, 1.82) is 0 Å². The number of benzene rings is 2. The summed E-state index contributed by atoms with van der Waals surface area (Å²) in [6.07, 6.45) is 0. The predicted molar refractivity (Wildman–Crippen MR) is 81.7 cm³/mol. The first-order valence-electron chi connectivity index (χ1n) is 6.77. The summed E-state index contributed by atoms with van der Waals surface area (Å²) in [6, 6.07) is 19.3. The third-order valence-corrected chi connectivity index (χ3v) is 3.32. The first-order valence-corrected chi connectivity index (χ1v) is 6.77. The van der Waals surface area contributed by atoms with Gasteiger partial charge in [0, 0.05) is 24.8 Å². The average Bonchev–Trinajstić information content (AvgIpc) is 2.41. The van der Waals surface area contributed by atoms with E-state index in [0.29, 0.717) is 6.04 Å². The molecule has 2 aromatic carbocycles. The van der Waals surface area contributed by atoms with Crippen molar-refractivity contribution in [3.63, 3.8) is 0 Å². The second-order valence-electron chi connectivity index (χ2n) is 5.23. The van der Waals surface area contributed by atoms with Crippen molar-refractivity contribution in [1.82, 2.24) is 4.90 Å². The summed E-state index contributed by atoms with van der Waals surface area (Å²) >= 11 is 0. The van der Waals surface area contributed by atoms with Crippen LogP contribution in [0.25, 0.3) is 0 Å². The number of nitrogens with zero attached hydrogens (tertiary/aromatic N) is 1. The molecule has 0 radical (unpaired) electrons. The molecule has 0 saturated carbocycles. The van der Waals surface area contributed by atoms with Gasteiger partial charge >= 0.3 is 0 Å². The summed E-state index contributed by atoms with van der Waals surface area (Å²) in [6.45, 7) is 6.40. The summed E-state index contributed by atoms with van der Waals surface area (Å²) in [5.41, 5.74) is 9.21. The van der Waals surface area contributed by atoms with Gasteiger partial charge in [-0.3, -0.25) is 4.90 Å². The molecule has 100 valence electrons. The average molecular weight is 254 g/mol. The molecule has 0 spiro atoms. The lowest BCUT2D eigenvalue weighted by Gasteiger charge is -2.26. The molecule has 0 atom stereocenters. The van der Waals surface area contributed by atoms with Crippen molar-refractivity contribution < 1.29 is 0 Å². The Morgan fingerprint density at radius 2 is 1.37 bits per heavy atom. The largest absolute Gasteiger partial charge is 0.399 e. The number of nitrogens with two attached hydrogens (primary N) is 1. The normalized spacial score (nSPS) is 11.2. The maximum absolute atomic E-state index is 5.73. The van der Waals surface area contributed by atoms with Gasteiger partial charge in [-0.05, 0) is 37.1 Å². The van der Waals surface area contributed by atoms with Crippen molar-refractivity contribution in [3.8, 4) is 0 Å². The van der Waals surface area contributed by atoms with E-state index in [1.807, 2.05) is 12.1 Å². The van der Waals surface area contributed by atoms with E-state index in [1.165, 1.54) is 11.1 Å². The van der Waals surface area contributed by atoms with Crippen LogP contribution < -0.4 is 5.73 Å². The molecule has 0 fully saturated rings. The van der Waals surface area contributed by atoms with Crippen LogP contribution in [-0.2, 0) is 13.1 Å². The minimum atomic E-state index is 0.512. The van der Waals surface area contributed by atoms with Crippen LogP contribution in [0.4, 0.5) is 5.69 Å². The van der Waals surface area contributed by atoms with Gasteiger partial charge in [0.2, 0.25) is 0 Å². The number of hydrogen-bond donors (Lipinski definition) is 1. The first-order chi connectivity index (χ1) is 9.15. The molecule has 2 aromatic rings. The van der Waals surface area contributed by atoms with E-state index < -0.39 is 0 Å². The van der Waals surface area contributed by atoms with Crippen LogP contribution in [0.3, 0.4) is 0 Å². The van der Waals surface area contributed by atoms with Crippen LogP contribution in [0.2, 0.25) is 0 Å². The number of nitrogen functional groups attached to an aromatic ring is 1. The summed E-state index contributed by atoms with van der Waals surface area (Å²) in [5.74, 6) is 0. The molecule has 0 aliphatic rings. The molecule has 0 aliphatic carbocycles. The third-order valence-electron chi connectivity index (χ3n) is 3.32. The van der Waals surface area contributed by atoms with Crippen molar-refractivity contribution in [2.45, 2.75) is 33.0 Å². The van der Waals surface area contributed by atoms with E-state index in [9.17, 15) is 0 Å². The Morgan fingerprint density at radius 1 is 0.842 bits per heavy atom. The summed E-state index contributed by atoms with van der Waals surface area (Å²) < 4.78 is 0. The highest BCUT2D eigenvalue weighted by atomic mass is 15.1. The summed E-state index contributed by atoms with van der Waals surface area (Å²) in [4.78, 5) is 2.46. The fourth-order valence-corrected chi connectivity index (χ4v) is 2.10. The van der Waals surface area contributed by atoms with Gasteiger partial charge in [-0.15, -0.1) is 0 Å². The lowest BCUT2D eigenvalue weighted by Crippen LogP contribution is -2.29. The van der Waals surface area contributed by atoms with Crippen molar-refractivity contribution in [2.24, 2.45) is 0 Å². The maximum Gasteiger partial charge on any atom is 0.0314 e. The molecule has 2 rings (SSSR count). The first kappa shape index (κ1) is 13.6. The topological polar surface area (TPSA) is 29.3 Å². The fourth-order valence-electron chi connectivity index (χ4n) is 2.10. The zero-order chi connectivity index (χ0) is 13.7. The van der Waals surface area contributed by atoms with Gasteiger partial charge in [-0.25, -0.2) is 0 Å². The van der Waals surface area contributed by atoms with Gasteiger partial charge in [0.05, 0.1) is 0 Å². The van der Waals surface area contributed by atoms with Crippen molar-refractivity contribution in [3.05, 3.63) is 65.7 Å². The highest BCUT2D eigenvalue weighted by molar-refractivity contribution is 5.39. The second kappa shape index (κ2) is 6.39. The molecule has 0 saturated heterocycles. The van der Waals surface area contributed by atoms with Gasteiger partial charge < -0.3 is 5.73 Å². The molecule has 2 N–H and O–H groups in total. The summed E-state index contributed by atoms with van der Waals surface area (Å²) in [7, 11) is 0. The molecule has 0 amide bonds. The minimum absolute atomic E-state index is 0.512. The standard InChI is InChI=1S/C17H22N2/c1-14(2)19(12-15-6-4-3-5-7-15)13-16-8-10-17(18)11-9-16/h3-11,14H,12-13,18H2,1-2H3. The zero-order valence-electron chi connectivity index (χ0n) is 11.7. The molecule has 2 heteroatoms. The summed E-state index contributed by atoms with van der Waals surface area (Å²) in [5, 5.41) is 0. The van der Waals surface area contributed by atoms with Gasteiger partial charge in [0.25, 0.3) is 0 Å². The number of anilines is 1. The number of rotatable bonds is 5. The van der Waals surface area contributed by atoms with E-state index in [0.717, 1.165) is 18.8 Å². The maximum atomic E-state index is 5.73. The third kappa shape index (κ3) is 4.11. The fraction of sp³-hybridized carbons (Fsp3) is 0.294. The Kier molecular flexibility index (Phi) is 4.58. The Morgan fingerprint density at radius 3 is 1.89 bits per heavy atom. The highest BCUT2D eigenvalue weighted by Crippen LogP contribution is 2.14. The Labute approximate surface area is 115 Å². The second-order valence-corrected chi connectivity index (χ2v) is 5.23. The van der Waals surface area contributed by atoms with E-state index >= 15 is 0 Å². The monoisotopic (exact) mass is 254 g/mol. The Hall–Kier alpha value is -1.80. The van der Waals surface area contributed by atoms with E-state index in [2.05, 4.69) is 61.2 Å². The predicted octanol–water partition coefficient (Wildman–Crippen LogP) is 3.68. The Bertz CT molecular complexity index is 488. The number of hydrogen-bond acceptors (Lipinski definition) is 2. The Balaban J connectivity index is 2.06. The lowest BCUT2D eigenvalue weighted by molar-refractivity contribution is 0.203. The van der Waals surface area contributed by atoms with E-state index in [1.54, 1.807) is 0 Å². The van der Waals surface area contributed by atoms with Gasteiger partial charge in [0.1, 0.15) is 0 Å². The smallest absolute Gasteiger partial charge is 0.0314 e. The SMILES string of the molecule is CC(C)N(Cc1ccccc1)Cc1ccc(N)cc1. The molecule has 19 heavy (non-hydrogen) atoms. The molecule has 0 aliphatic heterocycles. The lowest BCUT2D eigenvalue weighted by atomic mass is 10.1. The van der Waals surface area contributed by atoms with Gasteiger partial charge in [-0.2, -0.15) is 0 Å². The molecule has 2 nitrogen and oxygen atoms in total. The van der Waals surface area contributed by atoms with Crippen LogP contribution in [0.1, 0.15) is 25.0 Å². The zero-order valence-corrected chi connectivity index (χ0v) is 11.7. The molecular formula is C17H22N2. The molecule has 0 bridgehead atoms. The van der Waals surface area contributed by atoms with Crippen LogP contribution >= 0.6 is 0 Å². The van der Waals surface area contributed by atoms with Crippen molar-refractivity contribution in [2.75, 3.05) is 5.73 Å². The quantitative estimate of drug-likeness (QED) is 0.825. The van der Waals surface area contributed by atoms with Crippen LogP contribution in [0.5, 0.6) is 0 Å². The van der Waals surface area contributed by atoms with Gasteiger partial charge in [0.15, 0.2) is 0 Å². The molecule has 0 heterocycles. The minimum Gasteiger partial charge on any atom is -0.399 e.